The fourth-order valence-corrected chi connectivity index (χ4v) is 2.20. The standard InChI is InChI=1S/C15H19F3N2O3/c16-15(17,18)12-3-1-2-4-13(12)23-8-6-19-14(21)20-9-11-5-7-22-10-11/h1-4,11H,5-10H2,(H2,19,20,21). The highest BCUT2D eigenvalue weighted by molar-refractivity contribution is 5.73. The fraction of sp³-hybridized carbons (Fsp3) is 0.533. The van der Waals surface area contributed by atoms with Crippen LogP contribution >= 0.6 is 0 Å². The van der Waals surface area contributed by atoms with Gasteiger partial charge in [0, 0.05) is 19.1 Å². The summed E-state index contributed by atoms with van der Waals surface area (Å²) in [5, 5.41) is 5.23. The highest BCUT2D eigenvalue weighted by Gasteiger charge is 2.33. The molecule has 1 aliphatic heterocycles. The Labute approximate surface area is 132 Å². The number of carbonyl (C=O) groups is 1. The van der Waals surface area contributed by atoms with E-state index in [1.54, 1.807) is 0 Å². The van der Waals surface area contributed by atoms with Gasteiger partial charge in [0.05, 0.1) is 18.7 Å². The quantitative estimate of drug-likeness (QED) is 0.787. The first-order valence-corrected chi connectivity index (χ1v) is 7.35. The molecule has 0 spiro atoms. The van der Waals surface area contributed by atoms with Crippen molar-refractivity contribution >= 4 is 6.03 Å². The van der Waals surface area contributed by atoms with Crippen LogP contribution in [0.4, 0.5) is 18.0 Å². The van der Waals surface area contributed by atoms with Crippen molar-refractivity contribution in [1.82, 2.24) is 10.6 Å². The van der Waals surface area contributed by atoms with Gasteiger partial charge in [-0.15, -0.1) is 0 Å². The van der Waals surface area contributed by atoms with Gasteiger partial charge in [0.1, 0.15) is 12.4 Å². The van der Waals surface area contributed by atoms with Crippen LogP contribution in [0.1, 0.15) is 12.0 Å². The zero-order valence-corrected chi connectivity index (χ0v) is 12.5. The number of urea groups is 1. The molecule has 0 aromatic heterocycles. The number of alkyl halides is 3. The number of nitrogens with one attached hydrogen (secondary N) is 2. The molecule has 1 fully saturated rings. The number of ether oxygens (including phenoxy) is 2. The number of rotatable bonds is 6. The van der Waals surface area contributed by atoms with Gasteiger partial charge in [-0.1, -0.05) is 12.1 Å². The normalized spacial score (nSPS) is 17.8. The second kappa shape index (κ2) is 8.05. The van der Waals surface area contributed by atoms with Gasteiger partial charge in [-0.2, -0.15) is 13.2 Å². The van der Waals surface area contributed by atoms with Crippen LogP contribution in [0.5, 0.6) is 5.75 Å². The zero-order chi connectivity index (χ0) is 16.7. The smallest absolute Gasteiger partial charge is 0.419 e. The van der Waals surface area contributed by atoms with Crippen molar-refractivity contribution in [3.05, 3.63) is 29.8 Å². The van der Waals surface area contributed by atoms with Crippen LogP contribution in [0.25, 0.3) is 0 Å². The molecule has 5 nitrogen and oxygen atoms in total. The van der Waals surface area contributed by atoms with Gasteiger partial charge >= 0.3 is 12.2 Å². The van der Waals surface area contributed by atoms with E-state index >= 15 is 0 Å². The minimum Gasteiger partial charge on any atom is -0.491 e. The fourth-order valence-electron chi connectivity index (χ4n) is 2.20. The van der Waals surface area contributed by atoms with Gasteiger partial charge in [-0.25, -0.2) is 4.79 Å². The maximum atomic E-state index is 12.8. The predicted octanol–water partition coefficient (Wildman–Crippen LogP) is 2.42. The molecule has 8 heteroatoms. The molecule has 0 aliphatic carbocycles. The number of amides is 2. The maximum Gasteiger partial charge on any atom is 0.419 e. The SMILES string of the molecule is O=C(NCCOc1ccccc1C(F)(F)F)NCC1CCOC1. The Balaban J connectivity index is 1.68. The topological polar surface area (TPSA) is 59.6 Å². The van der Waals surface area contributed by atoms with E-state index in [1.807, 2.05) is 0 Å². The lowest BCUT2D eigenvalue weighted by Crippen LogP contribution is -2.40. The Morgan fingerprint density at radius 3 is 2.78 bits per heavy atom. The summed E-state index contributed by atoms with van der Waals surface area (Å²) in [6.07, 6.45) is -3.55. The molecule has 0 saturated carbocycles. The van der Waals surface area contributed by atoms with E-state index in [-0.39, 0.29) is 24.9 Å². The Morgan fingerprint density at radius 2 is 2.09 bits per heavy atom. The van der Waals surface area contributed by atoms with Crippen LogP contribution in [0, 0.1) is 5.92 Å². The van der Waals surface area contributed by atoms with Gasteiger partial charge in [0.2, 0.25) is 0 Å². The molecule has 2 amide bonds. The van der Waals surface area contributed by atoms with E-state index in [0.717, 1.165) is 12.5 Å². The van der Waals surface area contributed by atoms with Crippen LogP contribution in [0.2, 0.25) is 0 Å². The number of benzene rings is 1. The Kier molecular flexibility index (Phi) is 6.09. The van der Waals surface area contributed by atoms with Crippen molar-refractivity contribution in [2.45, 2.75) is 12.6 Å². The minimum atomic E-state index is -4.47. The second-order valence-electron chi connectivity index (χ2n) is 5.21. The third kappa shape index (κ3) is 5.63. The lowest BCUT2D eigenvalue weighted by Gasteiger charge is -2.14. The van der Waals surface area contributed by atoms with Crippen molar-refractivity contribution in [2.75, 3.05) is 32.9 Å². The van der Waals surface area contributed by atoms with Crippen molar-refractivity contribution in [3.8, 4) is 5.75 Å². The van der Waals surface area contributed by atoms with Crippen LogP contribution in [-0.2, 0) is 10.9 Å². The van der Waals surface area contributed by atoms with Gasteiger partial charge < -0.3 is 20.1 Å². The summed E-state index contributed by atoms with van der Waals surface area (Å²) in [6.45, 7) is 1.92. The molecule has 1 atom stereocenters. The summed E-state index contributed by atoms with van der Waals surface area (Å²) in [6, 6.07) is 4.61. The number of halogens is 3. The zero-order valence-electron chi connectivity index (χ0n) is 12.5. The van der Waals surface area contributed by atoms with Crippen molar-refractivity contribution < 1.29 is 27.4 Å². The minimum absolute atomic E-state index is 0.0486. The number of carbonyl (C=O) groups excluding carboxylic acids is 1. The summed E-state index contributed by atoms with van der Waals surface area (Å²) < 4.78 is 48.6. The first kappa shape index (κ1) is 17.4. The molecule has 1 aromatic carbocycles. The third-order valence-corrected chi connectivity index (χ3v) is 3.41. The lowest BCUT2D eigenvalue weighted by molar-refractivity contribution is -0.138. The first-order valence-electron chi connectivity index (χ1n) is 7.35. The first-order chi connectivity index (χ1) is 11.0. The van der Waals surface area contributed by atoms with Crippen LogP contribution in [0.3, 0.4) is 0 Å². The summed E-state index contributed by atoms with van der Waals surface area (Å²) >= 11 is 0. The van der Waals surface area contributed by atoms with Crippen LogP contribution in [0.15, 0.2) is 24.3 Å². The molecule has 0 bridgehead atoms. The summed E-state index contributed by atoms with van der Waals surface area (Å²) in [4.78, 5) is 11.5. The van der Waals surface area contributed by atoms with Crippen LogP contribution < -0.4 is 15.4 Å². The molecule has 128 valence electrons. The van der Waals surface area contributed by atoms with E-state index in [4.69, 9.17) is 9.47 Å². The largest absolute Gasteiger partial charge is 0.491 e. The molecule has 1 unspecified atom stereocenters. The lowest BCUT2D eigenvalue weighted by atomic mass is 10.1. The second-order valence-corrected chi connectivity index (χ2v) is 5.21. The molecular weight excluding hydrogens is 313 g/mol. The van der Waals surface area contributed by atoms with Crippen LogP contribution in [-0.4, -0.2) is 38.9 Å². The van der Waals surface area contributed by atoms with E-state index < -0.39 is 11.7 Å². The monoisotopic (exact) mass is 332 g/mol. The molecule has 1 aliphatic rings. The van der Waals surface area contributed by atoms with E-state index in [2.05, 4.69) is 10.6 Å². The molecule has 23 heavy (non-hydrogen) atoms. The molecule has 0 radical (unpaired) electrons. The summed E-state index contributed by atoms with van der Waals surface area (Å²) in [5.41, 5.74) is -0.828. The Bertz CT molecular complexity index is 517. The molecule has 1 aromatic rings. The Morgan fingerprint density at radius 1 is 1.30 bits per heavy atom. The number of hydrogen-bond acceptors (Lipinski definition) is 3. The highest BCUT2D eigenvalue weighted by Crippen LogP contribution is 2.35. The van der Waals surface area contributed by atoms with Crippen molar-refractivity contribution in [1.29, 1.82) is 0 Å². The van der Waals surface area contributed by atoms with E-state index in [9.17, 15) is 18.0 Å². The van der Waals surface area contributed by atoms with Gasteiger partial charge in [0.15, 0.2) is 0 Å². The maximum absolute atomic E-state index is 12.8. The van der Waals surface area contributed by atoms with Crippen molar-refractivity contribution in [3.63, 3.8) is 0 Å². The molecular formula is C15H19F3N2O3. The Hall–Kier alpha value is -1.96. The molecule has 2 N–H and O–H groups in total. The number of hydrogen-bond donors (Lipinski definition) is 2. The average Bonchev–Trinajstić information content (AvgIpc) is 3.02. The third-order valence-electron chi connectivity index (χ3n) is 3.41. The molecule has 1 saturated heterocycles. The summed E-state index contributed by atoms with van der Waals surface area (Å²) in [5.74, 6) is 0.0703. The van der Waals surface area contributed by atoms with Crippen molar-refractivity contribution in [2.24, 2.45) is 5.92 Å². The average molecular weight is 332 g/mol. The van der Waals surface area contributed by atoms with E-state index in [1.165, 1.54) is 18.2 Å². The summed E-state index contributed by atoms with van der Waals surface area (Å²) in [7, 11) is 0. The van der Waals surface area contributed by atoms with Gasteiger partial charge in [-0.05, 0) is 18.6 Å². The molecule has 2 rings (SSSR count). The van der Waals surface area contributed by atoms with Gasteiger partial charge in [-0.3, -0.25) is 0 Å². The number of para-hydroxylation sites is 1. The predicted molar refractivity (Wildman–Crippen MR) is 77.3 cm³/mol. The van der Waals surface area contributed by atoms with E-state index in [0.29, 0.717) is 25.7 Å². The highest BCUT2D eigenvalue weighted by atomic mass is 19.4. The molecule has 1 heterocycles. The van der Waals surface area contributed by atoms with Gasteiger partial charge in [0.25, 0.3) is 0 Å².